The molecular weight excluding hydrogens is 234 g/mol. The predicted octanol–water partition coefficient (Wildman–Crippen LogP) is 1.95. The Kier molecular flexibility index (Phi) is 4.32. The van der Waals surface area contributed by atoms with Crippen molar-refractivity contribution in [3.05, 3.63) is 47.5 Å². The summed E-state index contributed by atoms with van der Waals surface area (Å²) >= 11 is 5.69. The fourth-order valence-corrected chi connectivity index (χ4v) is 2.27. The lowest BCUT2D eigenvalue weighted by atomic mass is 10.2. The quantitative estimate of drug-likeness (QED) is 0.806. The van der Waals surface area contributed by atoms with E-state index >= 15 is 0 Å². The average Bonchev–Trinajstić information content (AvgIpc) is 2.18. The van der Waals surface area contributed by atoms with Gasteiger partial charge in [0.1, 0.15) is 0 Å². The molecule has 3 nitrogen and oxygen atoms in total. The predicted molar refractivity (Wildman–Crippen MR) is 62.3 cm³/mol. The minimum atomic E-state index is -3.27. The summed E-state index contributed by atoms with van der Waals surface area (Å²) in [6, 6.07) is 6.71. The average molecular weight is 246 g/mol. The highest BCUT2D eigenvalue weighted by Crippen LogP contribution is 2.11. The standard InChI is InChI=1S/C10H12ClNO2S/c1-2-7-12-15(13,14)8-9-3-5-10(11)6-4-9/h2-6,12H,1,7-8H2. The molecule has 0 unspecified atom stereocenters. The summed E-state index contributed by atoms with van der Waals surface area (Å²) in [5, 5.41) is 0.593. The summed E-state index contributed by atoms with van der Waals surface area (Å²) in [5.74, 6) is -0.0436. The molecule has 0 amide bonds. The van der Waals surface area contributed by atoms with Crippen LogP contribution in [0.3, 0.4) is 0 Å². The van der Waals surface area contributed by atoms with Crippen LogP contribution >= 0.6 is 11.6 Å². The molecule has 0 atom stereocenters. The SMILES string of the molecule is C=CCNS(=O)(=O)Cc1ccc(Cl)cc1. The second kappa shape index (κ2) is 5.30. The fourth-order valence-electron chi connectivity index (χ4n) is 1.04. The first-order valence-corrected chi connectivity index (χ1v) is 6.39. The Morgan fingerprint density at radius 3 is 2.47 bits per heavy atom. The third kappa shape index (κ3) is 4.46. The van der Waals surface area contributed by atoms with Gasteiger partial charge >= 0.3 is 0 Å². The molecule has 82 valence electrons. The first-order valence-electron chi connectivity index (χ1n) is 4.36. The fraction of sp³-hybridized carbons (Fsp3) is 0.200. The van der Waals surface area contributed by atoms with Gasteiger partial charge in [-0.3, -0.25) is 0 Å². The topological polar surface area (TPSA) is 46.2 Å². The minimum absolute atomic E-state index is 0.0436. The number of sulfonamides is 1. The number of benzene rings is 1. The van der Waals surface area contributed by atoms with E-state index in [0.717, 1.165) is 0 Å². The van der Waals surface area contributed by atoms with Crippen molar-refractivity contribution in [2.45, 2.75) is 5.75 Å². The summed E-state index contributed by atoms with van der Waals surface area (Å²) < 4.78 is 25.3. The molecule has 0 saturated heterocycles. The first-order chi connectivity index (χ1) is 7.03. The van der Waals surface area contributed by atoms with Crippen LogP contribution in [-0.4, -0.2) is 15.0 Å². The van der Waals surface area contributed by atoms with Gasteiger partial charge in [-0.1, -0.05) is 29.8 Å². The highest BCUT2D eigenvalue weighted by Gasteiger charge is 2.09. The van der Waals surface area contributed by atoms with Crippen molar-refractivity contribution < 1.29 is 8.42 Å². The molecule has 0 aliphatic carbocycles. The van der Waals surface area contributed by atoms with E-state index in [1.165, 1.54) is 6.08 Å². The number of hydrogen-bond acceptors (Lipinski definition) is 2. The molecule has 0 aliphatic heterocycles. The van der Waals surface area contributed by atoms with E-state index in [9.17, 15) is 8.42 Å². The van der Waals surface area contributed by atoms with E-state index in [1.807, 2.05) is 0 Å². The summed E-state index contributed by atoms with van der Waals surface area (Å²) in [6.45, 7) is 3.68. The van der Waals surface area contributed by atoms with E-state index in [4.69, 9.17) is 11.6 Å². The van der Waals surface area contributed by atoms with Crippen LogP contribution in [0.25, 0.3) is 0 Å². The van der Waals surface area contributed by atoms with Crippen LogP contribution in [0.4, 0.5) is 0 Å². The van der Waals surface area contributed by atoms with Gasteiger partial charge in [0, 0.05) is 11.6 Å². The molecule has 0 saturated carbocycles. The zero-order valence-corrected chi connectivity index (χ0v) is 9.68. The van der Waals surface area contributed by atoms with Crippen molar-refractivity contribution in [2.75, 3.05) is 6.54 Å². The number of rotatable bonds is 5. The molecule has 0 heterocycles. The summed E-state index contributed by atoms with van der Waals surface area (Å²) in [7, 11) is -3.27. The third-order valence-corrected chi connectivity index (χ3v) is 3.29. The highest BCUT2D eigenvalue weighted by atomic mass is 35.5. The molecule has 15 heavy (non-hydrogen) atoms. The van der Waals surface area contributed by atoms with E-state index < -0.39 is 10.0 Å². The molecule has 0 aromatic heterocycles. The zero-order valence-electron chi connectivity index (χ0n) is 8.11. The molecule has 0 fully saturated rings. The Hall–Kier alpha value is -0.840. The van der Waals surface area contributed by atoms with Gasteiger partial charge in [-0.25, -0.2) is 13.1 Å². The molecule has 5 heteroatoms. The molecular formula is C10H12ClNO2S. The van der Waals surface area contributed by atoms with Gasteiger partial charge in [0.15, 0.2) is 0 Å². The molecule has 1 aromatic carbocycles. The van der Waals surface area contributed by atoms with Gasteiger partial charge in [-0.2, -0.15) is 0 Å². The maximum Gasteiger partial charge on any atom is 0.216 e. The van der Waals surface area contributed by atoms with Crippen LogP contribution in [0.1, 0.15) is 5.56 Å². The van der Waals surface area contributed by atoms with Crippen LogP contribution < -0.4 is 4.72 Å². The Bertz CT molecular complexity index is 425. The van der Waals surface area contributed by atoms with Gasteiger partial charge in [0.25, 0.3) is 0 Å². The Balaban J connectivity index is 2.69. The molecule has 0 bridgehead atoms. The van der Waals surface area contributed by atoms with Crippen molar-refractivity contribution in [3.63, 3.8) is 0 Å². The maximum atomic E-state index is 11.5. The van der Waals surface area contributed by atoms with E-state index in [-0.39, 0.29) is 12.3 Å². The monoisotopic (exact) mass is 245 g/mol. The molecule has 1 rings (SSSR count). The van der Waals surface area contributed by atoms with Crippen LogP contribution in [-0.2, 0) is 15.8 Å². The highest BCUT2D eigenvalue weighted by molar-refractivity contribution is 7.88. The minimum Gasteiger partial charge on any atom is -0.212 e. The summed E-state index contributed by atoms with van der Waals surface area (Å²) in [5.41, 5.74) is 0.705. The van der Waals surface area contributed by atoms with Crippen molar-refractivity contribution in [3.8, 4) is 0 Å². The third-order valence-electron chi connectivity index (χ3n) is 1.72. The second-order valence-electron chi connectivity index (χ2n) is 3.02. The number of nitrogens with one attached hydrogen (secondary N) is 1. The normalized spacial score (nSPS) is 11.3. The lowest BCUT2D eigenvalue weighted by Gasteiger charge is -2.04. The molecule has 0 aliphatic rings. The Morgan fingerprint density at radius 1 is 1.33 bits per heavy atom. The zero-order chi connectivity index (χ0) is 11.3. The van der Waals surface area contributed by atoms with Gasteiger partial charge < -0.3 is 0 Å². The smallest absolute Gasteiger partial charge is 0.212 e. The van der Waals surface area contributed by atoms with Crippen molar-refractivity contribution in [1.82, 2.24) is 4.72 Å². The van der Waals surface area contributed by atoms with Gasteiger partial charge in [0.05, 0.1) is 5.75 Å². The Labute approximate surface area is 94.8 Å². The summed E-state index contributed by atoms with van der Waals surface area (Å²) in [4.78, 5) is 0. The maximum absolute atomic E-state index is 11.5. The number of halogens is 1. The van der Waals surface area contributed by atoms with Gasteiger partial charge in [-0.05, 0) is 17.7 Å². The van der Waals surface area contributed by atoms with Crippen LogP contribution in [0, 0.1) is 0 Å². The van der Waals surface area contributed by atoms with Crippen molar-refractivity contribution in [1.29, 1.82) is 0 Å². The lowest BCUT2D eigenvalue weighted by Crippen LogP contribution is -2.25. The second-order valence-corrected chi connectivity index (χ2v) is 5.27. The first kappa shape index (κ1) is 12.2. The summed E-state index contributed by atoms with van der Waals surface area (Å²) in [6.07, 6.45) is 1.50. The van der Waals surface area contributed by atoms with Crippen LogP contribution in [0.5, 0.6) is 0 Å². The molecule has 1 aromatic rings. The largest absolute Gasteiger partial charge is 0.216 e. The number of hydrogen-bond donors (Lipinski definition) is 1. The van der Waals surface area contributed by atoms with E-state index in [1.54, 1.807) is 24.3 Å². The van der Waals surface area contributed by atoms with Crippen molar-refractivity contribution in [2.24, 2.45) is 0 Å². The molecule has 0 spiro atoms. The van der Waals surface area contributed by atoms with Crippen LogP contribution in [0.2, 0.25) is 5.02 Å². The Morgan fingerprint density at radius 2 is 1.93 bits per heavy atom. The van der Waals surface area contributed by atoms with E-state index in [2.05, 4.69) is 11.3 Å². The van der Waals surface area contributed by atoms with Gasteiger partial charge in [-0.15, -0.1) is 6.58 Å². The lowest BCUT2D eigenvalue weighted by molar-refractivity contribution is 0.585. The molecule has 0 radical (unpaired) electrons. The molecule has 1 N–H and O–H groups in total. The van der Waals surface area contributed by atoms with E-state index in [0.29, 0.717) is 10.6 Å². The van der Waals surface area contributed by atoms with Crippen molar-refractivity contribution >= 4 is 21.6 Å². The van der Waals surface area contributed by atoms with Gasteiger partial charge in [0.2, 0.25) is 10.0 Å². The van der Waals surface area contributed by atoms with Crippen LogP contribution in [0.15, 0.2) is 36.9 Å².